The minimum Gasteiger partial charge on any atom is -0.235 e. The fourth-order valence-corrected chi connectivity index (χ4v) is 1.91. The summed E-state index contributed by atoms with van der Waals surface area (Å²) in [5, 5.41) is 8.69. The Labute approximate surface area is 121 Å². The van der Waals surface area contributed by atoms with Gasteiger partial charge in [-0.25, -0.2) is 13.6 Å². The highest BCUT2D eigenvalue weighted by Crippen LogP contribution is 2.39. The number of rotatable bonds is 1. The number of halogens is 5. The summed E-state index contributed by atoms with van der Waals surface area (Å²) in [5.41, 5.74) is -2.82. The number of hydrogen-bond donors (Lipinski definition) is 0. The largest absolute Gasteiger partial charge is 0.417 e. The van der Waals surface area contributed by atoms with E-state index in [9.17, 15) is 22.0 Å². The van der Waals surface area contributed by atoms with Crippen molar-refractivity contribution in [3.05, 3.63) is 64.5 Å². The van der Waals surface area contributed by atoms with Crippen LogP contribution in [0.2, 0.25) is 0 Å². The summed E-state index contributed by atoms with van der Waals surface area (Å²) >= 11 is 0. The van der Waals surface area contributed by atoms with E-state index < -0.39 is 34.6 Å². The molecule has 0 aromatic heterocycles. The van der Waals surface area contributed by atoms with Crippen molar-refractivity contribution >= 4 is 5.69 Å². The molecule has 0 N–H and O–H groups in total. The molecule has 0 aliphatic heterocycles. The predicted octanol–water partition coefficient (Wildman–Crippen LogP) is 5.07. The van der Waals surface area contributed by atoms with Crippen LogP contribution in [0.5, 0.6) is 0 Å². The zero-order valence-corrected chi connectivity index (χ0v) is 10.7. The van der Waals surface area contributed by atoms with Crippen molar-refractivity contribution in [2.75, 3.05) is 0 Å². The molecular formula is C15H5F5N2. The lowest BCUT2D eigenvalue weighted by Crippen LogP contribution is -2.08. The highest BCUT2D eigenvalue weighted by molar-refractivity contribution is 5.73. The molecule has 0 amide bonds. The zero-order valence-electron chi connectivity index (χ0n) is 10.7. The van der Waals surface area contributed by atoms with Crippen molar-refractivity contribution < 1.29 is 22.0 Å². The third-order valence-electron chi connectivity index (χ3n) is 2.89. The quantitative estimate of drug-likeness (QED) is 0.534. The van der Waals surface area contributed by atoms with E-state index in [1.807, 2.05) is 0 Å². The molecule has 22 heavy (non-hydrogen) atoms. The fraction of sp³-hybridized carbons (Fsp3) is 0.0667. The second-order valence-corrected chi connectivity index (χ2v) is 4.27. The molecule has 0 saturated carbocycles. The van der Waals surface area contributed by atoms with Crippen LogP contribution in [0.25, 0.3) is 16.0 Å². The van der Waals surface area contributed by atoms with Crippen LogP contribution < -0.4 is 0 Å². The van der Waals surface area contributed by atoms with Crippen LogP contribution in [-0.4, -0.2) is 0 Å². The number of alkyl halides is 3. The lowest BCUT2D eigenvalue weighted by Gasteiger charge is -2.14. The summed E-state index contributed by atoms with van der Waals surface area (Å²) in [6, 6.07) is 5.73. The standard InChI is InChI=1S/C15H5F5N2/c1-22-13-6-9(5-12(16)14(13)17)10-3-2-8(7-21)4-11(10)15(18,19)20/h2-6H. The van der Waals surface area contributed by atoms with Gasteiger partial charge in [0.25, 0.3) is 0 Å². The third kappa shape index (κ3) is 2.75. The fourth-order valence-electron chi connectivity index (χ4n) is 1.91. The Morgan fingerprint density at radius 3 is 2.32 bits per heavy atom. The van der Waals surface area contributed by atoms with Crippen LogP contribution in [0, 0.1) is 29.5 Å². The number of benzene rings is 2. The number of hydrogen-bond acceptors (Lipinski definition) is 1. The molecule has 0 spiro atoms. The van der Waals surface area contributed by atoms with Crippen molar-refractivity contribution in [2.24, 2.45) is 0 Å². The molecule has 0 bridgehead atoms. The molecule has 0 aliphatic carbocycles. The average molecular weight is 308 g/mol. The molecule has 0 radical (unpaired) electrons. The van der Waals surface area contributed by atoms with E-state index in [2.05, 4.69) is 4.85 Å². The van der Waals surface area contributed by atoms with Gasteiger partial charge in [-0.1, -0.05) is 6.07 Å². The van der Waals surface area contributed by atoms with E-state index in [0.717, 1.165) is 18.2 Å². The van der Waals surface area contributed by atoms with Crippen LogP contribution in [0.15, 0.2) is 30.3 Å². The summed E-state index contributed by atoms with van der Waals surface area (Å²) in [6.45, 7) is 6.73. The molecule has 0 saturated heterocycles. The van der Waals surface area contributed by atoms with Gasteiger partial charge in [-0.05, 0) is 35.4 Å². The third-order valence-corrected chi connectivity index (χ3v) is 2.89. The normalized spacial score (nSPS) is 10.9. The Hall–Kier alpha value is -2.93. The zero-order chi connectivity index (χ0) is 16.5. The maximum atomic E-state index is 13.4. The van der Waals surface area contributed by atoms with Crippen molar-refractivity contribution in [3.63, 3.8) is 0 Å². The molecule has 0 heterocycles. The lowest BCUT2D eigenvalue weighted by molar-refractivity contribution is -0.137. The van der Waals surface area contributed by atoms with Gasteiger partial charge in [-0.3, -0.25) is 0 Å². The minimum atomic E-state index is -4.79. The Balaban J connectivity index is 2.76. The van der Waals surface area contributed by atoms with E-state index in [1.54, 1.807) is 6.07 Å². The van der Waals surface area contributed by atoms with Gasteiger partial charge in [-0.15, -0.1) is 0 Å². The van der Waals surface area contributed by atoms with Crippen molar-refractivity contribution in [2.45, 2.75) is 6.18 Å². The first-order valence-electron chi connectivity index (χ1n) is 5.76. The molecule has 7 heteroatoms. The molecule has 0 aliphatic rings. The summed E-state index contributed by atoms with van der Waals surface area (Å²) in [6.07, 6.45) is -4.79. The summed E-state index contributed by atoms with van der Waals surface area (Å²) in [4.78, 5) is 2.74. The van der Waals surface area contributed by atoms with E-state index in [0.29, 0.717) is 12.1 Å². The molecule has 2 aromatic carbocycles. The first kappa shape index (κ1) is 15.5. The summed E-state index contributed by atoms with van der Waals surface area (Å²) < 4.78 is 66.0. The van der Waals surface area contributed by atoms with E-state index >= 15 is 0 Å². The van der Waals surface area contributed by atoms with Crippen molar-refractivity contribution in [1.29, 1.82) is 5.26 Å². The molecule has 0 unspecified atom stereocenters. The second-order valence-electron chi connectivity index (χ2n) is 4.27. The van der Waals surface area contributed by atoms with Gasteiger partial charge in [0.2, 0.25) is 5.69 Å². The maximum Gasteiger partial charge on any atom is 0.417 e. The topological polar surface area (TPSA) is 28.1 Å². The minimum absolute atomic E-state index is 0.218. The molecule has 0 atom stereocenters. The Morgan fingerprint density at radius 1 is 1.09 bits per heavy atom. The van der Waals surface area contributed by atoms with Gasteiger partial charge in [0.1, 0.15) is 5.82 Å². The van der Waals surface area contributed by atoms with E-state index in [-0.39, 0.29) is 11.1 Å². The van der Waals surface area contributed by atoms with Crippen molar-refractivity contribution in [1.82, 2.24) is 0 Å². The molecular weight excluding hydrogens is 303 g/mol. The van der Waals surface area contributed by atoms with Crippen LogP contribution in [-0.2, 0) is 6.18 Å². The average Bonchev–Trinajstić information content (AvgIpc) is 2.48. The smallest absolute Gasteiger partial charge is 0.235 e. The van der Waals surface area contributed by atoms with Gasteiger partial charge in [0.05, 0.1) is 23.8 Å². The first-order valence-corrected chi connectivity index (χ1v) is 5.76. The Kier molecular flexibility index (Phi) is 3.83. The second kappa shape index (κ2) is 5.45. The van der Waals surface area contributed by atoms with Crippen LogP contribution in [0.3, 0.4) is 0 Å². The monoisotopic (exact) mass is 308 g/mol. The molecule has 0 fully saturated rings. The molecule has 110 valence electrons. The van der Waals surface area contributed by atoms with Gasteiger partial charge >= 0.3 is 6.18 Å². The van der Waals surface area contributed by atoms with Gasteiger partial charge in [0, 0.05) is 0 Å². The lowest BCUT2D eigenvalue weighted by atomic mass is 9.96. The maximum absolute atomic E-state index is 13.4. The van der Waals surface area contributed by atoms with Gasteiger partial charge in [0.15, 0.2) is 5.82 Å². The predicted molar refractivity (Wildman–Crippen MR) is 67.8 cm³/mol. The van der Waals surface area contributed by atoms with E-state index in [4.69, 9.17) is 11.8 Å². The molecule has 2 rings (SSSR count). The van der Waals surface area contributed by atoms with Crippen LogP contribution in [0.1, 0.15) is 11.1 Å². The molecule has 2 nitrogen and oxygen atoms in total. The van der Waals surface area contributed by atoms with Gasteiger partial charge < -0.3 is 0 Å². The van der Waals surface area contributed by atoms with Crippen LogP contribution >= 0.6 is 0 Å². The highest BCUT2D eigenvalue weighted by atomic mass is 19.4. The van der Waals surface area contributed by atoms with Gasteiger partial charge in [-0.2, -0.15) is 18.4 Å². The number of nitriles is 1. The SMILES string of the molecule is [C-]#[N+]c1cc(-c2ccc(C#N)cc2C(F)(F)F)cc(F)c1F. The summed E-state index contributed by atoms with van der Waals surface area (Å²) in [5.74, 6) is -2.83. The first-order chi connectivity index (χ1) is 10.3. The Bertz CT molecular complexity index is 826. The number of nitrogens with zero attached hydrogens (tertiary/aromatic N) is 2. The van der Waals surface area contributed by atoms with Crippen molar-refractivity contribution in [3.8, 4) is 17.2 Å². The van der Waals surface area contributed by atoms with Crippen LogP contribution in [0.4, 0.5) is 27.6 Å². The highest BCUT2D eigenvalue weighted by Gasteiger charge is 2.34. The Morgan fingerprint density at radius 2 is 1.77 bits per heavy atom. The molecule has 2 aromatic rings. The van der Waals surface area contributed by atoms with E-state index in [1.165, 1.54) is 0 Å². The summed E-state index contributed by atoms with van der Waals surface area (Å²) in [7, 11) is 0.